The minimum atomic E-state index is -4.95. The van der Waals surface area contributed by atoms with Crippen molar-refractivity contribution < 1.29 is 27.8 Å². The number of ether oxygens (including phenoxy) is 1. The molecule has 0 spiro atoms. The van der Waals surface area contributed by atoms with Crippen LogP contribution >= 0.6 is 38.5 Å². The van der Waals surface area contributed by atoms with Crippen molar-refractivity contribution in [1.29, 1.82) is 0 Å². The van der Waals surface area contributed by atoms with Crippen molar-refractivity contribution in [1.82, 2.24) is 4.98 Å². The van der Waals surface area contributed by atoms with Gasteiger partial charge in [0.25, 0.3) is 0 Å². The third-order valence-electron chi connectivity index (χ3n) is 1.63. The first-order valence-electron chi connectivity index (χ1n) is 3.98. The van der Waals surface area contributed by atoms with Gasteiger partial charge in [-0.3, -0.25) is 0 Å². The quantitative estimate of drug-likeness (QED) is 0.459. The molecule has 94 valence electrons. The van der Waals surface area contributed by atoms with Gasteiger partial charge in [0.15, 0.2) is 5.75 Å². The lowest BCUT2D eigenvalue weighted by Crippen LogP contribution is -2.21. The van der Waals surface area contributed by atoms with Crippen LogP contribution in [0.3, 0.4) is 0 Å². The number of alkyl halides is 4. The average Bonchev–Trinajstić information content (AvgIpc) is 2.15. The van der Waals surface area contributed by atoms with Gasteiger partial charge in [-0.1, -0.05) is 15.9 Å². The number of aromatic carboxylic acids is 1. The minimum Gasteiger partial charge on any atom is -0.477 e. The fourth-order valence-corrected chi connectivity index (χ4v) is 2.04. The summed E-state index contributed by atoms with van der Waals surface area (Å²) in [5, 5.41) is 8.86. The molecule has 1 aromatic rings. The Morgan fingerprint density at radius 1 is 1.59 bits per heavy atom. The van der Waals surface area contributed by atoms with Gasteiger partial charge in [-0.15, -0.1) is 13.2 Å². The molecule has 0 aromatic carbocycles. The molecule has 1 rings (SSSR count). The lowest BCUT2D eigenvalue weighted by atomic mass is 10.2. The number of aromatic nitrogens is 1. The summed E-state index contributed by atoms with van der Waals surface area (Å²) in [6.45, 7) is 0. The Morgan fingerprint density at radius 2 is 2.18 bits per heavy atom. The highest BCUT2D eigenvalue weighted by atomic mass is 127. The van der Waals surface area contributed by atoms with Crippen LogP contribution in [0.2, 0.25) is 0 Å². The van der Waals surface area contributed by atoms with Gasteiger partial charge >= 0.3 is 12.3 Å². The Labute approximate surface area is 115 Å². The smallest absolute Gasteiger partial charge is 0.477 e. The van der Waals surface area contributed by atoms with Crippen LogP contribution in [0, 0.1) is 3.70 Å². The lowest BCUT2D eigenvalue weighted by molar-refractivity contribution is -0.275. The monoisotopic (exact) mass is 425 g/mol. The van der Waals surface area contributed by atoms with E-state index >= 15 is 0 Å². The summed E-state index contributed by atoms with van der Waals surface area (Å²) in [4.78, 5) is 14.6. The second kappa shape index (κ2) is 5.38. The van der Waals surface area contributed by atoms with Crippen LogP contribution in [0.1, 0.15) is 15.9 Å². The molecule has 0 aliphatic heterocycles. The van der Waals surface area contributed by atoms with Gasteiger partial charge in [0.05, 0.1) is 0 Å². The van der Waals surface area contributed by atoms with E-state index in [1.807, 2.05) is 0 Å². The maximum absolute atomic E-state index is 12.2. The maximum Gasteiger partial charge on any atom is 0.573 e. The van der Waals surface area contributed by atoms with Crippen molar-refractivity contribution >= 4 is 44.5 Å². The molecule has 0 aliphatic rings. The normalized spacial score (nSPS) is 11.4. The molecule has 1 aromatic heterocycles. The molecule has 0 bridgehead atoms. The molecule has 0 radical (unpaired) electrons. The van der Waals surface area contributed by atoms with E-state index < -0.39 is 23.6 Å². The zero-order valence-electron chi connectivity index (χ0n) is 7.89. The van der Waals surface area contributed by atoms with E-state index in [4.69, 9.17) is 5.11 Å². The van der Waals surface area contributed by atoms with Crippen LogP contribution in [0.4, 0.5) is 13.2 Å². The van der Waals surface area contributed by atoms with Crippen molar-refractivity contribution in [3.8, 4) is 5.75 Å². The second-order valence-electron chi connectivity index (χ2n) is 2.76. The number of carboxylic acids is 1. The molecule has 4 nitrogen and oxygen atoms in total. The number of rotatable bonds is 3. The van der Waals surface area contributed by atoms with Gasteiger partial charge in [-0.2, -0.15) is 0 Å². The largest absolute Gasteiger partial charge is 0.573 e. The van der Waals surface area contributed by atoms with Gasteiger partial charge in [0.1, 0.15) is 9.26 Å². The Kier molecular flexibility index (Phi) is 4.58. The van der Waals surface area contributed by atoms with Crippen molar-refractivity contribution in [2.45, 2.75) is 11.7 Å². The van der Waals surface area contributed by atoms with Gasteiger partial charge < -0.3 is 9.84 Å². The number of halogens is 5. The van der Waals surface area contributed by atoms with Gasteiger partial charge in [-0.05, 0) is 22.6 Å². The van der Waals surface area contributed by atoms with Crippen molar-refractivity contribution in [2.24, 2.45) is 0 Å². The molecular formula is C8H4BrF3INO3. The standard InChI is InChI=1S/C8H4BrF3INO3/c9-1-3-2-14-6(13)4(7(15)16)5(3)17-8(10,11)12/h2H,1H2,(H,15,16). The summed E-state index contributed by atoms with van der Waals surface area (Å²) in [5.74, 6) is -2.26. The van der Waals surface area contributed by atoms with Crippen molar-refractivity contribution in [3.05, 3.63) is 21.0 Å². The summed E-state index contributed by atoms with van der Waals surface area (Å²) in [7, 11) is 0. The topological polar surface area (TPSA) is 59.4 Å². The van der Waals surface area contributed by atoms with Crippen LogP contribution in [-0.2, 0) is 5.33 Å². The van der Waals surface area contributed by atoms with E-state index in [-0.39, 0.29) is 14.6 Å². The molecule has 0 atom stereocenters. The van der Waals surface area contributed by atoms with Crippen molar-refractivity contribution in [3.63, 3.8) is 0 Å². The summed E-state index contributed by atoms with van der Waals surface area (Å²) >= 11 is 4.47. The summed E-state index contributed by atoms with van der Waals surface area (Å²) in [5.41, 5.74) is -0.583. The number of carboxylic acid groups (broad SMARTS) is 1. The zero-order chi connectivity index (χ0) is 13.2. The molecule has 0 unspecified atom stereocenters. The van der Waals surface area contributed by atoms with Gasteiger partial charge in [0.2, 0.25) is 0 Å². The first kappa shape index (κ1) is 14.5. The fourth-order valence-electron chi connectivity index (χ4n) is 1.02. The van der Waals surface area contributed by atoms with Crippen LogP contribution in [0.15, 0.2) is 6.20 Å². The molecule has 1 N–H and O–H groups in total. The van der Waals surface area contributed by atoms with Crippen LogP contribution < -0.4 is 4.74 Å². The minimum absolute atomic E-state index is 0.00259. The van der Waals surface area contributed by atoms with E-state index in [0.717, 1.165) is 6.20 Å². The number of pyridine rings is 1. The van der Waals surface area contributed by atoms with Crippen molar-refractivity contribution in [2.75, 3.05) is 0 Å². The molecule has 0 fully saturated rings. The Hall–Kier alpha value is -0.580. The molecule has 1 heterocycles. The number of hydrogen-bond donors (Lipinski definition) is 1. The third-order valence-corrected chi connectivity index (χ3v) is 3.06. The molecule has 0 saturated carbocycles. The number of nitrogens with zero attached hydrogens (tertiary/aromatic N) is 1. The molecule has 0 aliphatic carbocycles. The number of hydrogen-bond acceptors (Lipinski definition) is 3. The van der Waals surface area contributed by atoms with E-state index in [1.54, 1.807) is 0 Å². The Morgan fingerprint density at radius 3 is 2.59 bits per heavy atom. The lowest BCUT2D eigenvalue weighted by Gasteiger charge is -2.14. The molecule has 0 saturated heterocycles. The van der Waals surface area contributed by atoms with Gasteiger partial charge in [0, 0.05) is 17.1 Å². The number of carbonyl (C=O) groups is 1. The van der Waals surface area contributed by atoms with E-state index in [0.29, 0.717) is 0 Å². The summed E-state index contributed by atoms with van der Waals surface area (Å²) < 4.78 is 40.2. The Bertz CT molecular complexity index is 452. The molecular weight excluding hydrogens is 422 g/mol. The van der Waals surface area contributed by atoms with E-state index in [1.165, 1.54) is 22.6 Å². The molecule has 9 heteroatoms. The first-order valence-corrected chi connectivity index (χ1v) is 6.18. The molecule has 0 amide bonds. The predicted molar refractivity (Wildman–Crippen MR) is 63.2 cm³/mol. The predicted octanol–water partition coefficient (Wildman–Crippen LogP) is 3.18. The highest BCUT2D eigenvalue weighted by Crippen LogP contribution is 2.33. The highest BCUT2D eigenvalue weighted by molar-refractivity contribution is 14.1. The van der Waals surface area contributed by atoms with E-state index in [9.17, 15) is 18.0 Å². The Balaban J connectivity index is 3.40. The van der Waals surface area contributed by atoms with Gasteiger partial charge in [-0.25, -0.2) is 9.78 Å². The fraction of sp³-hybridized carbons (Fsp3) is 0.250. The average molecular weight is 426 g/mol. The zero-order valence-corrected chi connectivity index (χ0v) is 11.6. The van der Waals surface area contributed by atoms with Crippen LogP contribution in [-0.4, -0.2) is 22.4 Å². The maximum atomic E-state index is 12.2. The summed E-state index contributed by atoms with van der Waals surface area (Å²) in [6.07, 6.45) is -3.82. The van der Waals surface area contributed by atoms with E-state index in [2.05, 4.69) is 25.7 Å². The first-order chi connectivity index (χ1) is 7.76. The van der Waals surface area contributed by atoms with Crippen LogP contribution in [0.5, 0.6) is 5.75 Å². The molecule has 17 heavy (non-hydrogen) atoms. The summed E-state index contributed by atoms with van der Waals surface area (Å²) in [6, 6.07) is 0. The highest BCUT2D eigenvalue weighted by Gasteiger charge is 2.35. The van der Waals surface area contributed by atoms with Crippen LogP contribution in [0.25, 0.3) is 0 Å². The second-order valence-corrected chi connectivity index (χ2v) is 4.35. The third kappa shape index (κ3) is 3.69. The SMILES string of the molecule is O=C(O)c1c(I)ncc(CBr)c1OC(F)(F)F.